The van der Waals surface area contributed by atoms with Crippen LogP contribution in [-0.4, -0.2) is 16.1 Å². The zero-order chi connectivity index (χ0) is 20.9. The van der Waals surface area contributed by atoms with Gasteiger partial charge in [-0.15, -0.1) is 0 Å². The van der Waals surface area contributed by atoms with Gasteiger partial charge in [0.05, 0.1) is 16.8 Å². The zero-order valence-electron chi connectivity index (χ0n) is 16.0. The molecule has 2 N–H and O–H groups in total. The van der Waals surface area contributed by atoms with E-state index in [-0.39, 0.29) is 18.0 Å². The molecule has 0 unspecified atom stereocenters. The standard InChI is InChI=1S/C24H19FN2O3/c25-18-10-8-16-9-11-20(27-23(16)12-18)15-30-21-6-3-5-19(13-21)26-14-17-4-1-2-7-22(17)24(28)29/h1-13,26H,14-15H2,(H,28,29). The van der Waals surface area contributed by atoms with Crippen molar-refractivity contribution in [1.29, 1.82) is 0 Å². The van der Waals surface area contributed by atoms with Gasteiger partial charge < -0.3 is 15.2 Å². The van der Waals surface area contributed by atoms with E-state index in [2.05, 4.69) is 10.3 Å². The number of anilines is 1. The number of aromatic nitrogens is 1. The van der Waals surface area contributed by atoms with Gasteiger partial charge in [-0.25, -0.2) is 14.2 Å². The second-order valence-electron chi connectivity index (χ2n) is 6.77. The summed E-state index contributed by atoms with van der Waals surface area (Å²) in [7, 11) is 0. The molecule has 0 aliphatic carbocycles. The molecule has 0 bridgehead atoms. The Morgan fingerprint density at radius 3 is 2.70 bits per heavy atom. The lowest BCUT2D eigenvalue weighted by molar-refractivity contribution is 0.0696. The van der Waals surface area contributed by atoms with Crippen LogP contribution in [0.1, 0.15) is 21.6 Å². The van der Waals surface area contributed by atoms with Gasteiger partial charge in [-0.2, -0.15) is 0 Å². The first-order valence-electron chi connectivity index (χ1n) is 9.41. The number of rotatable bonds is 7. The number of pyridine rings is 1. The molecule has 0 aliphatic heterocycles. The molecule has 1 aromatic heterocycles. The van der Waals surface area contributed by atoms with Crippen molar-refractivity contribution >= 4 is 22.6 Å². The van der Waals surface area contributed by atoms with Crippen LogP contribution in [0.15, 0.2) is 78.9 Å². The van der Waals surface area contributed by atoms with Crippen molar-refractivity contribution < 1.29 is 19.0 Å². The molecular formula is C24H19FN2O3. The Balaban J connectivity index is 1.42. The van der Waals surface area contributed by atoms with Crippen LogP contribution in [0, 0.1) is 5.82 Å². The third-order valence-corrected chi connectivity index (χ3v) is 4.66. The minimum Gasteiger partial charge on any atom is -0.487 e. The number of carboxylic acid groups (broad SMARTS) is 1. The molecule has 0 spiro atoms. The van der Waals surface area contributed by atoms with E-state index in [1.54, 1.807) is 24.3 Å². The SMILES string of the molecule is O=C(O)c1ccccc1CNc1cccc(OCc2ccc3ccc(F)cc3n2)c1. The Labute approximate surface area is 172 Å². The minimum absolute atomic E-state index is 0.248. The van der Waals surface area contributed by atoms with Gasteiger partial charge in [0.25, 0.3) is 0 Å². The molecule has 0 saturated carbocycles. The molecule has 1 heterocycles. The number of ether oxygens (including phenoxy) is 1. The molecule has 0 aliphatic rings. The van der Waals surface area contributed by atoms with Gasteiger partial charge in [0.1, 0.15) is 18.2 Å². The second kappa shape index (κ2) is 8.61. The van der Waals surface area contributed by atoms with E-state index in [1.807, 2.05) is 42.5 Å². The van der Waals surface area contributed by atoms with Crippen molar-refractivity contribution in [1.82, 2.24) is 4.98 Å². The average molecular weight is 402 g/mol. The average Bonchev–Trinajstić information content (AvgIpc) is 2.76. The fourth-order valence-corrected chi connectivity index (χ4v) is 3.15. The van der Waals surface area contributed by atoms with E-state index in [4.69, 9.17) is 4.74 Å². The highest BCUT2D eigenvalue weighted by Crippen LogP contribution is 2.21. The van der Waals surface area contributed by atoms with E-state index in [9.17, 15) is 14.3 Å². The summed E-state index contributed by atoms with van der Waals surface area (Å²) in [6.45, 7) is 0.626. The third-order valence-electron chi connectivity index (χ3n) is 4.66. The van der Waals surface area contributed by atoms with Crippen molar-refractivity contribution in [2.45, 2.75) is 13.2 Å². The van der Waals surface area contributed by atoms with Gasteiger partial charge in [0, 0.05) is 29.8 Å². The maximum Gasteiger partial charge on any atom is 0.336 e. The molecule has 6 heteroatoms. The first-order chi connectivity index (χ1) is 14.6. The fraction of sp³-hybridized carbons (Fsp3) is 0.0833. The normalized spacial score (nSPS) is 10.7. The van der Waals surface area contributed by atoms with Gasteiger partial charge in [0.15, 0.2) is 0 Å². The molecule has 0 radical (unpaired) electrons. The molecule has 0 saturated heterocycles. The summed E-state index contributed by atoms with van der Waals surface area (Å²) < 4.78 is 19.3. The number of nitrogens with zero attached hydrogens (tertiary/aromatic N) is 1. The topological polar surface area (TPSA) is 71.5 Å². The number of nitrogens with one attached hydrogen (secondary N) is 1. The summed E-state index contributed by atoms with van der Waals surface area (Å²) in [6.07, 6.45) is 0. The van der Waals surface area contributed by atoms with Crippen molar-refractivity contribution in [3.05, 3.63) is 102 Å². The molecule has 0 fully saturated rings. The largest absolute Gasteiger partial charge is 0.487 e. The molecule has 0 atom stereocenters. The summed E-state index contributed by atoms with van der Waals surface area (Å²) >= 11 is 0. The van der Waals surface area contributed by atoms with Crippen LogP contribution < -0.4 is 10.1 Å². The molecule has 4 aromatic rings. The Hall–Kier alpha value is -3.93. The number of carbonyl (C=O) groups is 1. The number of fused-ring (bicyclic) bond motifs is 1. The maximum absolute atomic E-state index is 13.4. The predicted octanol–water partition coefficient (Wildman–Crippen LogP) is 5.26. The molecular weight excluding hydrogens is 383 g/mol. The van der Waals surface area contributed by atoms with Gasteiger partial charge >= 0.3 is 5.97 Å². The van der Waals surface area contributed by atoms with Gasteiger partial charge in [-0.1, -0.05) is 30.3 Å². The minimum atomic E-state index is -0.952. The van der Waals surface area contributed by atoms with Gasteiger partial charge in [-0.3, -0.25) is 0 Å². The van der Waals surface area contributed by atoms with Gasteiger partial charge in [-0.05, 0) is 42.0 Å². The summed E-state index contributed by atoms with van der Waals surface area (Å²) in [4.78, 5) is 15.8. The fourth-order valence-electron chi connectivity index (χ4n) is 3.15. The molecule has 4 rings (SSSR count). The van der Waals surface area contributed by atoms with E-state index in [1.165, 1.54) is 12.1 Å². The van der Waals surface area contributed by atoms with Crippen molar-refractivity contribution in [2.24, 2.45) is 0 Å². The Bertz CT molecular complexity index is 1210. The lowest BCUT2D eigenvalue weighted by Gasteiger charge is -2.11. The lowest BCUT2D eigenvalue weighted by atomic mass is 10.1. The molecule has 30 heavy (non-hydrogen) atoms. The highest BCUT2D eigenvalue weighted by atomic mass is 19.1. The third kappa shape index (κ3) is 4.55. The Morgan fingerprint density at radius 2 is 1.83 bits per heavy atom. The van der Waals surface area contributed by atoms with Crippen molar-refractivity contribution in [3.63, 3.8) is 0 Å². The second-order valence-corrected chi connectivity index (χ2v) is 6.77. The first kappa shape index (κ1) is 19.4. The van der Waals surface area contributed by atoms with Crippen LogP contribution >= 0.6 is 0 Å². The van der Waals surface area contributed by atoms with Crippen molar-refractivity contribution in [3.8, 4) is 5.75 Å². The van der Waals surface area contributed by atoms with E-state index >= 15 is 0 Å². The van der Waals surface area contributed by atoms with E-state index in [0.717, 1.165) is 11.1 Å². The van der Waals surface area contributed by atoms with Crippen LogP contribution in [0.3, 0.4) is 0 Å². The summed E-state index contributed by atoms with van der Waals surface area (Å²) in [5.41, 5.74) is 3.06. The predicted molar refractivity (Wildman–Crippen MR) is 113 cm³/mol. The number of carboxylic acids is 1. The van der Waals surface area contributed by atoms with Crippen LogP contribution in [0.2, 0.25) is 0 Å². The van der Waals surface area contributed by atoms with Crippen LogP contribution in [0.4, 0.5) is 10.1 Å². The summed E-state index contributed by atoms with van der Waals surface area (Å²) in [6, 6.07) is 22.5. The Kier molecular flexibility index (Phi) is 5.57. The number of benzene rings is 3. The van der Waals surface area contributed by atoms with Gasteiger partial charge in [0.2, 0.25) is 0 Å². The first-order valence-corrected chi connectivity index (χ1v) is 9.41. The number of aromatic carboxylic acids is 1. The van der Waals surface area contributed by atoms with E-state index in [0.29, 0.717) is 29.1 Å². The molecule has 3 aromatic carbocycles. The number of hydrogen-bond donors (Lipinski definition) is 2. The van der Waals surface area contributed by atoms with Crippen LogP contribution in [0.5, 0.6) is 5.75 Å². The highest BCUT2D eigenvalue weighted by Gasteiger charge is 2.09. The zero-order valence-corrected chi connectivity index (χ0v) is 16.0. The monoisotopic (exact) mass is 402 g/mol. The Morgan fingerprint density at radius 1 is 1.00 bits per heavy atom. The molecule has 150 valence electrons. The number of halogens is 1. The van der Waals surface area contributed by atoms with Crippen LogP contribution in [-0.2, 0) is 13.2 Å². The van der Waals surface area contributed by atoms with Crippen LogP contribution in [0.25, 0.3) is 10.9 Å². The molecule has 5 nitrogen and oxygen atoms in total. The highest BCUT2D eigenvalue weighted by molar-refractivity contribution is 5.89. The molecule has 0 amide bonds. The smallest absolute Gasteiger partial charge is 0.336 e. The lowest BCUT2D eigenvalue weighted by Crippen LogP contribution is -2.07. The summed E-state index contributed by atoms with van der Waals surface area (Å²) in [5.74, 6) is -0.628. The quantitative estimate of drug-likeness (QED) is 0.441. The maximum atomic E-state index is 13.4. The number of hydrogen-bond acceptors (Lipinski definition) is 4. The summed E-state index contributed by atoms with van der Waals surface area (Å²) in [5, 5.41) is 13.4. The van der Waals surface area contributed by atoms with Crippen molar-refractivity contribution in [2.75, 3.05) is 5.32 Å². The van der Waals surface area contributed by atoms with E-state index < -0.39 is 5.97 Å².